The van der Waals surface area contributed by atoms with Crippen molar-refractivity contribution in [3.63, 3.8) is 0 Å². The zero-order valence-electron chi connectivity index (χ0n) is 11.4. The first-order valence-corrected chi connectivity index (χ1v) is 8.31. The summed E-state index contributed by atoms with van der Waals surface area (Å²) >= 11 is 1.24. The number of rotatable bonds is 4. The van der Waals surface area contributed by atoms with Gasteiger partial charge in [-0.15, -0.1) is 11.3 Å². The lowest BCUT2D eigenvalue weighted by Gasteiger charge is -2.09. The number of carbonyl (C=O) groups excluding carboxylic acids is 1. The number of benzene rings is 1. The van der Waals surface area contributed by atoms with E-state index >= 15 is 0 Å². The Morgan fingerprint density at radius 1 is 1.33 bits per heavy atom. The Bertz CT molecular complexity index is 781. The number of hydrogen-bond donors (Lipinski definition) is 2. The molecule has 1 heterocycles. The van der Waals surface area contributed by atoms with E-state index in [0.29, 0.717) is 16.3 Å². The van der Waals surface area contributed by atoms with E-state index < -0.39 is 10.0 Å². The summed E-state index contributed by atoms with van der Waals surface area (Å²) in [7, 11) is -2.29. The molecule has 3 N–H and O–H groups in total. The van der Waals surface area contributed by atoms with Crippen LogP contribution in [0, 0.1) is 6.92 Å². The van der Waals surface area contributed by atoms with E-state index in [0.717, 1.165) is 5.56 Å². The number of anilines is 1. The summed E-state index contributed by atoms with van der Waals surface area (Å²) in [6.45, 7) is 1.76. The zero-order valence-corrected chi connectivity index (χ0v) is 13.0. The first kappa shape index (κ1) is 15.5. The van der Waals surface area contributed by atoms with Gasteiger partial charge in [0.15, 0.2) is 0 Å². The number of thiophene rings is 1. The molecule has 0 saturated carbocycles. The van der Waals surface area contributed by atoms with Crippen LogP contribution in [0.3, 0.4) is 0 Å². The highest BCUT2D eigenvalue weighted by atomic mass is 32.2. The molecule has 112 valence electrons. The number of amides is 1. The number of ether oxygens (including phenoxy) is 1. The minimum Gasteiger partial charge on any atom is -0.496 e. The van der Waals surface area contributed by atoms with E-state index in [9.17, 15) is 13.2 Å². The highest BCUT2D eigenvalue weighted by molar-refractivity contribution is 7.89. The minimum atomic E-state index is -3.81. The Labute approximate surface area is 126 Å². The highest BCUT2D eigenvalue weighted by Gasteiger charge is 2.14. The van der Waals surface area contributed by atoms with E-state index in [-0.39, 0.29) is 10.8 Å². The van der Waals surface area contributed by atoms with Crippen LogP contribution in [0.25, 0.3) is 0 Å². The fourth-order valence-electron chi connectivity index (χ4n) is 1.64. The van der Waals surface area contributed by atoms with Gasteiger partial charge in [0.05, 0.1) is 16.9 Å². The van der Waals surface area contributed by atoms with E-state index in [1.165, 1.54) is 30.6 Å². The Balaban J connectivity index is 2.28. The second-order valence-corrected chi connectivity index (χ2v) is 6.80. The summed E-state index contributed by atoms with van der Waals surface area (Å²) < 4.78 is 27.7. The summed E-state index contributed by atoms with van der Waals surface area (Å²) in [5, 5.41) is 9.47. The number of sulfonamides is 1. The van der Waals surface area contributed by atoms with Crippen LogP contribution in [-0.4, -0.2) is 21.4 Å². The Kier molecular flexibility index (Phi) is 4.31. The van der Waals surface area contributed by atoms with Gasteiger partial charge in [0.1, 0.15) is 5.75 Å². The van der Waals surface area contributed by atoms with Crippen molar-refractivity contribution in [2.75, 3.05) is 12.4 Å². The third kappa shape index (κ3) is 3.60. The molecule has 0 unspecified atom stereocenters. The summed E-state index contributed by atoms with van der Waals surface area (Å²) in [5.41, 5.74) is 1.14. The summed E-state index contributed by atoms with van der Waals surface area (Å²) in [6, 6.07) is 5.94. The molecule has 0 aliphatic rings. The maximum atomic E-state index is 12.1. The van der Waals surface area contributed by atoms with Gasteiger partial charge in [0.25, 0.3) is 5.91 Å². The number of primary sulfonamides is 1. The third-order valence-electron chi connectivity index (χ3n) is 2.82. The van der Waals surface area contributed by atoms with Crippen molar-refractivity contribution >= 4 is 33.0 Å². The standard InChI is InChI=1S/C13H14N2O4S2/c1-8-3-4-10(21(14,17)18)6-11(8)15-13(16)12-5-9(19-2)7-20-12/h3-7H,1-2H3,(H,15,16)(H2,14,17,18). The number of nitrogens with two attached hydrogens (primary N) is 1. The molecule has 0 aliphatic heterocycles. The molecular weight excluding hydrogens is 312 g/mol. The summed E-state index contributed by atoms with van der Waals surface area (Å²) in [6.07, 6.45) is 0. The molecule has 1 amide bonds. The summed E-state index contributed by atoms with van der Waals surface area (Å²) in [4.78, 5) is 12.5. The second-order valence-electron chi connectivity index (χ2n) is 4.33. The van der Waals surface area contributed by atoms with Crippen LogP contribution in [0.5, 0.6) is 5.75 Å². The molecule has 1 aromatic heterocycles. The van der Waals surface area contributed by atoms with Gasteiger partial charge in [-0.25, -0.2) is 13.6 Å². The van der Waals surface area contributed by atoms with Gasteiger partial charge < -0.3 is 10.1 Å². The van der Waals surface area contributed by atoms with Crippen molar-refractivity contribution in [2.45, 2.75) is 11.8 Å². The predicted molar refractivity (Wildman–Crippen MR) is 81.4 cm³/mol. The average molecular weight is 326 g/mol. The fourth-order valence-corrected chi connectivity index (χ4v) is 2.93. The fraction of sp³-hybridized carbons (Fsp3) is 0.154. The molecule has 1 aromatic carbocycles. The first-order chi connectivity index (χ1) is 9.81. The summed E-state index contributed by atoms with van der Waals surface area (Å²) in [5.74, 6) is 0.262. The van der Waals surface area contributed by atoms with Crippen LogP contribution in [0.4, 0.5) is 5.69 Å². The SMILES string of the molecule is COc1csc(C(=O)Nc2cc(S(N)(=O)=O)ccc2C)c1. The largest absolute Gasteiger partial charge is 0.496 e. The maximum absolute atomic E-state index is 12.1. The smallest absolute Gasteiger partial charge is 0.265 e. The minimum absolute atomic E-state index is 0.0489. The van der Waals surface area contributed by atoms with Crippen LogP contribution in [0.2, 0.25) is 0 Å². The predicted octanol–water partition coefficient (Wildman–Crippen LogP) is 1.96. The van der Waals surface area contributed by atoms with Crippen LogP contribution >= 0.6 is 11.3 Å². The lowest BCUT2D eigenvalue weighted by atomic mass is 10.2. The van der Waals surface area contributed by atoms with Crippen LogP contribution in [-0.2, 0) is 10.0 Å². The zero-order chi connectivity index (χ0) is 15.6. The number of carbonyl (C=O) groups is 1. The molecule has 0 bridgehead atoms. The lowest BCUT2D eigenvalue weighted by Crippen LogP contribution is -2.15. The molecule has 0 saturated heterocycles. The van der Waals surface area contributed by atoms with Crippen LogP contribution in [0.15, 0.2) is 34.5 Å². The molecule has 6 nitrogen and oxygen atoms in total. The van der Waals surface area contributed by atoms with Crippen LogP contribution < -0.4 is 15.2 Å². The van der Waals surface area contributed by atoms with E-state index in [1.807, 2.05) is 0 Å². The topological polar surface area (TPSA) is 98.5 Å². The van der Waals surface area contributed by atoms with Crippen LogP contribution in [0.1, 0.15) is 15.2 Å². The van der Waals surface area contributed by atoms with Gasteiger partial charge in [-0.05, 0) is 24.6 Å². The molecule has 0 aliphatic carbocycles. The number of aryl methyl sites for hydroxylation is 1. The number of methoxy groups -OCH3 is 1. The molecule has 0 spiro atoms. The third-order valence-corrected chi connectivity index (χ3v) is 4.64. The molecule has 0 atom stereocenters. The normalized spacial score (nSPS) is 11.2. The molecular formula is C13H14N2O4S2. The quantitative estimate of drug-likeness (QED) is 0.897. The van der Waals surface area contributed by atoms with Crippen molar-refractivity contribution in [1.29, 1.82) is 0 Å². The monoisotopic (exact) mass is 326 g/mol. The van der Waals surface area contributed by atoms with Gasteiger partial charge in [-0.2, -0.15) is 0 Å². The van der Waals surface area contributed by atoms with Crippen molar-refractivity contribution in [2.24, 2.45) is 5.14 Å². The van der Waals surface area contributed by atoms with Crippen molar-refractivity contribution in [1.82, 2.24) is 0 Å². The Hall–Kier alpha value is -1.90. The Morgan fingerprint density at radius 2 is 2.05 bits per heavy atom. The van der Waals surface area contributed by atoms with E-state index in [2.05, 4.69) is 5.32 Å². The molecule has 2 aromatic rings. The molecule has 2 rings (SSSR count). The second kappa shape index (κ2) is 5.84. The van der Waals surface area contributed by atoms with Gasteiger partial charge in [-0.3, -0.25) is 4.79 Å². The van der Waals surface area contributed by atoms with Crippen molar-refractivity contribution < 1.29 is 17.9 Å². The first-order valence-electron chi connectivity index (χ1n) is 5.88. The lowest BCUT2D eigenvalue weighted by molar-refractivity contribution is 0.103. The number of nitrogens with one attached hydrogen (secondary N) is 1. The molecule has 8 heteroatoms. The van der Waals surface area contributed by atoms with E-state index in [1.54, 1.807) is 24.4 Å². The Morgan fingerprint density at radius 3 is 2.62 bits per heavy atom. The average Bonchev–Trinajstić information content (AvgIpc) is 2.88. The maximum Gasteiger partial charge on any atom is 0.265 e. The molecule has 21 heavy (non-hydrogen) atoms. The highest BCUT2D eigenvalue weighted by Crippen LogP contribution is 2.24. The van der Waals surface area contributed by atoms with E-state index in [4.69, 9.17) is 9.88 Å². The van der Waals surface area contributed by atoms with Gasteiger partial charge in [0.2, 0.25) is 10.0 Å². The molecule has 0 fully saturated rings. The van der Waals surface area contributed by atoms with Crippen molar-refractivity contribution in [3.8, 4) is 5.75 Å². The van der Waals surface area contributed by atoms with Gasteiger partial charge >= 0.3 is 0 Å². The molecule has 0 radical (unpaired) electrons. The van der Waals surface area contributed by atoms with Gasteiger partial charge in [-0.1, -0.05) is 6.07 Å². The van der Waals surface area contributed by atoms with Gasteiger partial charge in [0, 0.05) is 17.1 Å². The number of hydrogen-bond acceptors (Lipinski definition) is 5. The van der Waals surface area contributed by atoms with Crippen molar-refractivity contribution in [3.05, 3.63) is 40.1 Å².